The van der Waals surface area contributed by atoms with Gasteiger partial charge in [-0.25, -0.2) is 4.98 Å². The lowest BCUT2D eigenvalue weighted by molar-refractivity contribution is 0.404. The van der Waals surface area contributed by atoms with Crippen LogP contribution in [0.1, 0.15) is 39.2 Å². The summed E-state index contributed by atoms with van der Waals surface area (Å²) in [6.07, 6.45) is 4.44. The summed E-state index contributed by atoms with van der Waals surface area (Å²) in [5.41, 5.74) is 1.37. The number of nitrogens with zero attached hydrogens (tertiary/aromatic N) is 2. The van der Waals surface area contributed by atoms with E-state index in [1.165, 1.54) is 18.4 Å². The lowest BCUT2D eigenvalue weighted by Crippen LogP contribution is -2.45. The summed E-state index contributed by atoms with van der Waals surface area (Å²) in [4.78, 5) is 7.04. The largest absolute Gasteiger partial charge is 0.351 e. The van der Waals surface area contributed by atoms with Gasteiger partial charge in [0.25, 0.3) is 0 Å². The van der Waals surface area contributed by atoms with Crippen LogP contribution < -0.4 is 10.2 Å². The van der Waals surface area contributed by atoms with Gasteiger partial charge in [-0.15, -0.1) is 0 Å². The maximum Gasteiger partial charge on any atom is 0.143 e. The van der Waals surface area contributed by atoms with E-state index in [0.29, 0.717) is 6.04 Å². The van der Waals surface area contributed by atoms with Crippen LogP contribution >= 0.6 is 15.9 Å². The van der Waals surface area contributed by atoms with E-state index in [-0.39, 0.29) is 5.54 Å². The molecule has 1 N–H and O–H groups in total. The third-order valence-corrected chi connectivity index (χ3v) is 4.06. The number of pyridine rings is 1. The number of rotatable bonds is 3. The van der Waals surface area contributed by atoms with Crippen molar-refractivity contribution in [2.24, 2.45) is 0 Å². The van der Waals surface area contributed by atoms with Crippen molar-refractivity contribution in [1.29, 1.82) is 0 Å². The zero-order valence-corrected chi connectivity index (χ0v) is 13.9. The number of anilines is 1. The second-order valence-corrected chi connectivity index (χ2v) is 7.29. The standard InChI is InChI=1S/C15H24BrN3/c1-11-8-13(16)14(17-9-11)19-7-5-6-12(19)10-18-15(2,3)4/h8-9,12,18H,5-7,10H2,1-4H3. The molecule has 0 radical (unpaired) electrons. The summed E-state index contributed by atoms with van der Waals surface area (Å²) in [5, 5.41) is 3.61. The lowest BCUT2D eigenvalue weighted by atomic mass is 10.1. The molecule has 1 unspecified atom stereocenters. The second-order valence-electron chi connectivity index (χ2n) is 6.44. The number of aryl methyl sites for hydroxylation is 1. The third kappa shape index (κ3) is 3.93. The van der Waals surface area contributed by atoms with Gasteiger partial charge in [0.2, 0.25) is 0 Å². The maximum atomic E-state index is 4.61. The van der Waals surface area contributed by atoms with E-state index < -0.39 is 0 Å². The van der Waals surface area contributed by atoms with Crippen LogP contribution in [-0.2, 0) is 0 Å². The Labute approximate surface area is 124 Å². The number of hydrogen-bond acceptors (Lipinski definition) is 3. The first-order chi connectivity index (χ1) is 8.87. The molecule has 0 saturated carbocycles. The highest BCUT2D eigenvalue weighted by atomic mass is 79.9. The Morgan fingerprint density at radius 2 is 2.21 bits per heavy atom. The van der Waals surface area contributed by atoms with Gasteiger partial charge in [0.1, 0.15) is 5.82 Å². The summed E-state index contributed by atoms with van der Waals surface area (Å²) in [6, 6.07) is 2.69. The molecule has 1 aliphatic heterocycles. The predicted octanol–water partition coefficient (Wildman–Crippen LogP) is 3.51. The minimum atomic E-state index is 0.173. The predicted molar refractivity (Wildman–Crippen MR) is 84.8 cm³/mol. The lowest BCUT2D eigenvalue weighted by Gasteiger charge is -2.30. The van der Waals surface area contributed by atoms with Crippen LogP contribution in [0, 0.1) is 6.92 Å². The molecular weight excluding hydrogens is 302 g/mol. The van der Waals surface area contributed by atoms with Crippen LogP contribution in [0.25, 0.3) is 0 Å². The Bertz CT molecular complexity index is 440. The van der Waals surface area contributed by atoms with Crippen molar-refractivity contribution in [2.45, 2.75) is 52.1 Å². The molecule has 1 aromatic heterocycles. The zero-order valence-electron chi connectivity index (χ0n) is 12.3. The van der Waals surface area contributed by atoms with Gasteiger partial charge in [0.15, 0.2) is 0 Å². The van der Waals surface area contributed by atoms with Crippen molar-refractivity contribution in [3.63, 3.8) is 0 Å². The molecule has 1 saturated heterocycles. The molecule has 4 heteroatoms. The molecule has 0 spiro atoms. The fourth-order valence-electron chi connectivity index (χ4n) is 2.49. The molecule has 1 fully saturated rings. The Morgan fingerprint density at radius 1 is 1.47 bits per heavy atom. The zero-order chi connectivity index (χ0) is 14.0. The van der Waals surface area contributed by atoms with Crippen LogP contribution in [0.15, 0.2) is 16.7 Å². The summed E-state index contributed by atoms with van der Waals surface area (Å²) in [5.74, 6) is 1.09. The fraction of sp³-hybridized carbons (Fsp3) is 0.667. The molecule has 2 rings (SSSR count). The van der Waals surface area contributed by atoms with Crippen molar-refractivity contribution in [3.05, 3.63) is 22.3 Å². The molecule has 1 aromatic rings. The average molecular weight is 326 g/mol. The van der Waals surface area contributed by atoms with E-state index in [4.69, 9.17) is 0 Å². The SMILES string of the molecule is Cc1cnc(N2CCCC2CNC(C)(C)C)c(Br)c1. The van der Waals surface area contributed by atoms with Gasteiger partial charge in [-0.3, -0.25) is 0 Å². The average Bonchev–Trinajstić information content (AvgIpc) is 2.73. The summed E-state index contributed by atoms with van der Waals surface area (Å²) in [7, 11) is 0. The number of halogens is 1. The second kappa shape index (κ2) is 5.80. The Kier molecular flexibility index (Phi) is 4.51. The number of nitrogens with one attached hydrogen (secondary N) is 1. The van der Waals surface area contributed by atoms with Crippen LogP contribution in [0.4, 0.5) is 5.82 Å². The first kappa shape index (κ1) is 14.8. The minimum Gasteiger partial charge on any atom is -0.351 e. The van der Waals surface area contributed by atoms with E-state index in [1.54, 1.807) is 0 Å². The highest BCUT2D eigenvalue weighted by Gasteiger charge is 2.27. The molecule has 0 aromatic carbocycles. The molecule has 106 valence electrons. The fourth-order valence-corrected chi connectivity index (χ4v) is 3.18. The van der Waals surface area contributed by atoms with Gasteiger partial charge in [-0.05, 0) is 68.1 Å². The van der Waals surface area contributed by atoms with E-state index in [9.17, 15) is 0 Å². The molecule has 19 heavy (non-hydrogen) atoms. The third-order valence-electron chi connectivity index (χ3n) is 3.48. The highest BCUT2D eigenvalue weighted by molar-refractivity contribution is 9.10. The summed E-state index contributed by atoms with van der Waals surface area (Å²) >= 11 is 3.65. The molecule has 1 aliphatic rings. The van der Waals surface area contributed by atoms with Gasteiger partial charge < -0.3 is 10.2 Å². The van der Waals surface area contributed by atoms with Crippen LogP contribution in [-0.4, -0.2) is 29.7 Å². The van der Waals surface area contributed by atoms with Gasteiger partial charge in [-0.2, -0.15) is 0 Å². The highest BCUT2D eigenvalue weighted by Crippen LogP contribution is 2.30. The minimum absolute atomic E-state index is 0.173. The van der Waals surface area contributed by atoms with Crippen molar-refractivity contribution in [1.82, 2.24) is 10.3 Å². The smallest absolute Gasteiger partial charge is 0.143 e. The molecule has 0 bridgehead atoms. The normalized spacial score (nSPS) is 20.1. The Morgan fingerprint density at radius 3 is 2.84 bits per heavy atom. The van der Waals surface area contributed by atoms with Gasteiger partial charge in [-0.1, -0.05) is 0 Å². The van der Waals surface area contributed by atoms with Crippen molar-refractivity contribution < 1.29 is 0 Å². The molecule has 1 atom stereocenters. The summed E-state index contributed by atoms with van der Waals surface area (Å²) < 4.78 is 1.11. The van der Waals surface area contributed by atoms with Crippen molar-refractivity contribution in [3.8, 4) is 0 Å². The molecule has 0 amide bonds. The van der Waals surface area contributed by atoms with E-state index in [2.05, 4.69) is 64.9 Å². The first-order valence-corrected chi connectivity index (χ1v) is 7.80. The van der Waals surface area contributed by atoms with Gasteiger partial charge in [0, 0.05) is 30.9 Å². The van der Waals surface area contributed by atoms with Crippen molar-refractivity contribution >= 4 is 21.7 Å². The van der Waals surface area contributed by atoms with E-state index >= 15 is 0 Å². The van der Waals surface area contributed by atoms with Crippen LogP contribution in [0.3, 0.4) is 0 Å². The molecule has 0 aliphatic carbocycles. The van der Waals surface area contributed by atoms with E-state index in [1.807, 2.05) is 6.20 Å². The monoisotopic (exact) mass is 325 g/mol. The Hall–Kier alpha value is -0.610. The summed E-state index contributed by atoms with van der Waals surface area (Å²) in [6.45, 7) is 10.8. The number of hydrogen-bond donors (Lipinski definition) is 1. The van der Waals surface area contributed by atoms with E-state index in [0.717, 1.165) is 23.4 Å². The van der Waals surface area contributed by atoms with Gasteiger partial charge in [0.05, 0.1) is 4.47 Å². The molecular formula is C15H24BrN3. The maximum absolute atomic E-state index is 4.61. The number of aromatic nitrogens is 1. The topological polar surface area (TPSA) is 28.2 Å². The van der Waals surface area contributed by atoms with Crippen LogP contribution in [0.2, 0.25) is 0 Å². The molecule has 3 nitrogen and oxygen atoms in total. The first-order valence-electron chi connectivity index (χ1n) is 7.00. The van der Waals surface area contributed by atoms with Crippen molar-refractivity contribution in [2.75, 3.05) is 18.0 Å². The molecule has 2 heterocycles. The van der Waals surface area contributed by atoms with Gasteiger partial charge >= 0.3 is 0 Å². The Balaban J connectivity index is 2.10. The van der Waals surface area contributed by atoms with Crippen LogP contribution in [0.5, 0.6) is 0 Å². The quantitative estimate of drug-likeness (QED) is 0.921.